The highest BCUT2D eigenvalue weighted by Crippen LogP contribution is 2.43. The lowest BCUT2D eigenvalue weighted by atomic mass is 9.91. The SMILES string of the molecule is c1ccc(-c2cccc3c2oc2cc(N(c4ccc(-c5cccc6ccccc56)cc4)c4ccc(-c5cccc6cccc(-c7ccccc7)c56)cc4)ccc23)cc1. The molecule has 0 aliphatic rings. The summed E-state index contributed by atoms with van der Waals surface area (Å²) in [6.07, 6.45) is 0. The van der Waals surface area contributed by atoms with Crippen molar-refractivity contribution in [2.75, 3.05) is 4.90 Å². The van der Waals surface area contributed by atoms with Crippen molar-refractivity contribution >= 4 is 60.5 Å². The molecule has 272 valence electrons. The molecule has 58 heavy (non-hydrogen) atoms. The van der Waals surface area contributed by atoms with Crippen LogP contribution in [-0.2, 0) is 0 Å². The maximum atomic E-state index is 6.76. The number of anilines is 3. The number of hydrogen-bond donors (Lipinski definition) is 0. The van der Waals surface area contributed by atoms with Crippen molar-refractivity contribution < 1.29 is 4.42 Å². The number of para-hydroxylation sites is 1. The van der Waals surface area contributed by atoms with Crippen LogP contribution in [0.25, 0.3) is 88.0 Å². The number of nitrogens with zero attached hydrogens (tertiary/aromatic N) is 1. The molecular formula is C56H37NO. The fourth-order valence-electron chi connectivity index (χ4n) is 8.72. The van der Waals surface area contributed by atoms with Crippen molar-refractivity contribution in [2.24, 2.45) is 0 Å². The lowest BCUT2D eigenvalue weighted by Gasteiger charge is -2.26. The predicted molar refractivity (Wildman–Crippen MR) is 245 cm³/mol. The van der Waals surface area contributed by atoms with Gasteiger partial charge in [-0.1, -0.05) is 182 Å². The summed E-state index contributed by atoms with van der Waals surface area (Å²) < 4.78 is 6.76. The third kappa shape index (κ3) is 5.82. The highest BCUT2D eigenvalue weighted by molar-refractivity contribution is 6.11. The van der Waals surface area contributed by atoms with Crippen LogP contribution in [0.5, 0.6) is 0 Å². The lowest BCUT2D eigenvalue weighted by molar-refractivity contribution is 0.670. The third-order valence-electron chi connectivity index (χ3n) is 11.5. The van der Waals surface area contributed by atoms with Crippen LogP contribution < -0.4 is 4.90 Å². The summed E-state index contributed by atoms with van der Waals surface area (Å²) in [4.78, 5) is 2.33. The Balaban J connectivity index is 1.05. The summed E-state index contributed by atoms with van der Waals surface area (Å²) in [5.41, 5.74) is 14.4. The number of fused-ring (bicyclic) bond motifs is 5. The first-order valence-corrected chi connectivity index (χ1v) is 19.8. The molecule has 2 heteroatoms. The van der Waals surface area contributed by atoms with Gasteiger partial charge in [0, 0.05) is 39.5 Å². The van der Waals surface area contributed by atoms with Crippen molar-refractivity contribution in [3.8, 4) is 44.5 Å². The Kier molecular flexibility index (Phi) is 8.19. The molecular weight excluding hydrogens is 703 g/mol. The molecule has 0 spiro atoms. The maximum Gasteiger partial charge on any atom is 0.143 e. The Bertz CT molecular complexity index is 3240. The van der Waals surface area contributed by atoms with E-state index in [1.54, 1.807) is 0 Å². The van der Waals surface area contributed by atoms with Crippen LogP contribution in [0.4, 0.5) is 17.1 Å². The Morgan fingerprint density at radius 1 is 0.293 bits per heavy atom. The van der Waals surface area contributed by atoms with Crippen molar-refractivity contribution in [3.05, 3.63) is 224 Å². The van der Waals surface area contributed by atoms with Gasteiger partial charge in [-0.05, 0) is 96.9 Å². The first kappa shape index (κ1) is 33.6. The molecule has 1 aromatic heterocycles. The zero-order chi connectivity index (χ0) is 38.4. The van der Waals surface area contributed by atoms with E-state index in [1.165, 1.54) is 54.9 Å². The average Bonchev–Trinajstić information content (AvgIpc) is 3.68. The first-order valence-electron chi connectivity index (χ1n) is 19.8. The van der Waals surface area contributed by atoms with Crippen LogP contribution in [0.3, 0.4) is 0 Å². The molecule has 0 N–H and O–H groups in total. The minimum atomic E-state index is 0.856. The molecule has 11 rings (SSSR count). The minimum Gasteiger partial charge on any atom is -0.455 e. The van der Waals surface area contributed by atoms with Gasteiger partial charge >= 0.3 is 0 Å². The molecule has 2 nitrogen and oxygen atoms in total. The van der Waals surface area contributed by atoms with Crippen LogP contribution in [0, 0.1) is 0 Å². The fourth-order valence-corrected chi connectivity index (χ4v) is 8.72. The second kappa shape index (κ2) is 14.1. The predicted octanol–water partition coefficient (Wildman–Crippen LogP) is 16.0. The van der Waals surface area contributed by atoms with Gasteiger partial charge in [0.05, 0.1) is 0 Å². The van der Waals surface area contributed by atoms with Crippen LogP contribution >= 0.6 is 0 Å². The summed E-state index contributed by atoms with van der Waals surface area (Å²) in [7, 11) is 0. The summed E-state index contributed by atoms with van der Waals surface area (Å²) in [6, 6.07) is 80.5. The maximum absolute atomic E-state index is 6.76. The number of hydrogen-bond acceptors (Lipinski definition) is 2. The van der Waals surface area contributed by atoms with E-state index in [9.17, 15) is 0 Å². The normalized spacial score (nSPS) is 11.4. The standard InChI is InChI=1S/C56H37NO/c1-3-13-39(14-4-1)49-23-10-19-43-20-11-24-50(55(43)49)42-29-33-45(34-30-42)57(44-31-27-41(28-32-44)48-22-9-18-38-17-7-8-21-47(38)48)46-35-36-52-53-26-12-25-51(40-15-5-2-6-16-40)56(53)58-54(52)37-46/h1-37H. The van der Waals surface area contributed by atoms with E-state index in [2.05, 4.69) is 223 Å². The molecule has 0 amide bonds. The molecule has 0 fully saturated rings. The van der Waals surface area contributed by atoms with Crippen molar-refractivity contribution in [1.29, 1.82) is 0 Å². The van der Waals surface area contributed by atoms with Gasteiger partial charge in [0.25, 0.3) is 0 Å². The lowest BCUT2D eigenvalue weighted by Crippen LogP contribution is -2.09. The highest BCUT2D eigenvalue weighted by atomic mass is 16.3. The molecule has 0 unspecified atom stereocenters. The molecule has 11 aromatic rings. The van der Waals surface area contributed by atoms with Gasteiger partial charge in [0.1, 0.15) is 11.2 Å². The van der Waals surface area contributed by atoms with Crippen LogP contribution in [-0.4, -0.2) is 0 Å². The van der Waals surface area contributed by atoms with E-state index in [0.29, 0.717) is 0 Å². The van der Waals surface area contributed by atoms with E-state index in [1.807, 2.05) is 6.07 Å². The summed E-state index contributed by atoms with van der Waals surface area (Å²) in [5.74, 6) is 0. The van der Waals surface area contributed by atoms with Crippen molar-refractivity contribution in [1.82, 2.24) is 0 Å². The van der Waals surface area contributed by atoms with Gasteiger partial charge in [0.15, 0.2) is 0 Å². The molecule has 0 radical (unpaired) electrons. The molecule has 0 aliphatic carbocycles. The largest absolute Gasteiger partial charge is 0.455 e. The van der Waals surface area contributed by atoms with Gasteiger partial charge in [-0.3, -0.25) is 0 Å². The number of furan rings is 1. The highest BCUT2D eigenvalue weighted by Gasteiger charge is 2.18. The van der Waals surface area contributed by atoms with Gasteiger partial charge in [-0.25, -0.2) is 0 Å². The second-order valence-corrected chi connectivity index (χ2v) is 14.9. The smallest absolute Gasteiger partial charge is 0.143 e. The Hall–Kier alpha value is -7.68. The van der Waals surface area contributed by atoms with Crippen LogP contribution in [0.1, 0.15) is 0 Å². The Labute approximate surface area is 337 Å². The van der Waals surface area contributed by atoms with Gasteiger partial charge < -0.3 is 9.32 Å². The quantitative estimate of drug-likeness (QED) is 0.162. The van der Waals surface area contributed by atoms with E-state index < -0.39 is 0 Å². The summed E-state index contributed by atoms with van der Waals surface area (Å²) in [6.45, 7) is 0. The van der Waals surface area contributed by atoms with E-state index in [4.69, 9.17) is 4.42 Å². The van der Waals surface area contributed by atoms with Crippen LogP contribution in [0.2, 0.25) is 0 Å². The zero-order valence-corrected chi connectivity index (χ0v) is 31.7. The summed E-state index contributed by atoms with van der Waals surface area (Å²) in [5, 5.41) is 7.19. The van der Waals surface area contributed by atoms with Gasteiger partial charge in [-0.15, -0.1) is 0 Å². The molecule has 0 aliphatic heterocycles. The number of benzene rings is 10. The molecule has 0 saturated heterocycles. The van der Waals surface area contributed by atoms with Gasteiger partial charge in [0.2, 0.25) is 0 Å². The van der Waals surface area contributed by atoms with E-state index >= 15 is 0 Å². The zero-order valence-electron chi connectivity index (χ0n) is 31.7. The van der Waals surface area contributed by atoms with Crippen molar-refractivity contribution in [3.63, 3.8) is 0 Å². The van der Waals surface area contributed by atoms with Crippen molar-refractivity contribution in [2.45, 2.75) is 0 Å². The fraction of sp³-hybridized carbons (Fsp3) is 0. The number of rotatable bonds is 7. The monoisotopic (exact) mass is 739 g/mol. The molecule has 0 atom stereocenters. The molecule has 0 saturated carbocycles. The third-order valence-corrected chi connectivity index (χ3v) is 11.5. The Morgan fingerprint density at radius 3 is 1.43 bits per heavy atom. The van der Waals surface area contributed by atoms with Gasteiger partial charge in [-0.2, -0.15) is 0 Å². The summed E-state index contributed by atoms with van der Waals surface area (Å²) >= 11 is 0. The first-order chi connectivity index (χ1) is 28.8. The van der Waals surface area contributed by atoms with Crippen LogP contribution in [0.15, 0.2) is 229 Å². The van der Waals surface area contributed by atoms with E-state index in [-0.39, 0.29) is 0 Å². The molecule has 0 bridgehead atoms. The average molecular weight is 740 g/mol. The molecule has 1 heterocycles. The Morgan fingerprint density at radius 2 is 0.759 bits per heavy atom. The second-order valence-electron chi connectivity index (χ2n) is 14.9. The molecule has 10 aromatic carbocycles. The topological polar surface area (TPSA) is 16.4 Å². The van der Waals surface area contributed by atoms with E-state index in [0.717, 1.165) is 50.1 Å². The minimum absolute atomic E-state index is 0.856.